The van der Waals surface area contributed by atoms with Gasteiger partial charge in [0.15, 0.2) is 5.78 Å². The SMILES string of the molecule is CC(=O)c1cc(Br)c2cn[nH]c2c1. The van der Waals surface area contributed by atoms with Crippen molar-refractivity contribution in [2.24, 2.45) is 0 Å². The van der Waals surface area contributed by atoms with Gasteiger partial charge in [0.25, 0.3) is 0 Å². The lowest BCUT2D eigenvalue weighted by atomic mass is 10.1. The predicted octanol–water partition coefficient (Wildman–Crippen LogP) is 2.53. The lowest BCUT2D eigenvalue weighted by molar-refractivity contribution is 0.101. The van der Waals surface area contributed by atoms with E-state index in [2.05, 4.69) is 26.1 Å². The number of hydrogen-bond donors (Lipinski definition) is 1. The number of H-pyrrole nitrogens is 1. The van der Waals surface area contributed by atoms with Gasteiger partial charge in [-0.05, 0) is 19.1 Å². The Morgan fingerprint density at radius 2 is 2.31 bits per heavy atom. The molecule has 2 aromatic rings. The summed E-state index contributed by atoms with van der Waals surface area (Å²) in [5.41, 5.74) is 1.56. The topological polar surface area (TPSA) is 45.8 Å². The second kappa shape index (κ2) is 2.96. The van der Waals surface area contributed by atoms with Crippen molar-refractivity contribution >= 4 is 32.6 Å². The minimum atomic E-state index is 0.0530. The molecule has 13 heavy (non-hydrogen) atoms. The summed E-state index contributed by atoms with van der Waals surface area (Å²) in [7, 11) is 0. The van der Waals surface area contributed by atoms with Gasteiger partial charge in [-0.15, -0.1) is 0 Å². The van der Waals surface area contributed by atoms with Gasteiger partial charge in [-0.3, -0.25) is 9.89 Å². The van der Waals surface area contributed by atoms with Crippen LogP contribution in [0.5, 0.6) is 0 Å². The number of fused-ring (bicyclic) bond motifs is 1. The zero-order valence-corrected chi connectivity index (χ0v) is 8.55. The van der Waals surface area contributed by atoms with Crippen LogP contribution >= 0.6 is 15.9 Å². The molecule has 0 saturated carbocycles. The lowest BCUT2D eigenvalue weighted by Gasteiger charge is -1.97. The summed E-state index contributed by atoms with van der Waals surface area (Å²) in [6.07, 6.45) is 1.73. The van der Waals surface area contributed by atoms with E-state index in [-0.39, 0.29) is 5.78 Å². The Labute approximate surface area is 83.3 Å². The fourth-order valence-corrected chi connectivity index (χ4v) is 1.77. The lowest BCUT2D eigenvalue weighted by Crippen LogP contribution is -1.91. The number of carbonyl (C=O) groups is 1. The molecule has 0 aliphatic rings. The first-order valence-electron chi connectivity index (χ1n) is 3.82. The third-order valence-electron chi connectivity index (χ3n) is 1.91. The molecular formula is C9H7BrN2O. The van der Waals surface area contributed by atoms with Crippen molar-refractivity contribution in [2.75, 3.05) is 0 Å². The van der Waals surface area contributed by atoms with Gasteiger partial charge in [0.2, 0.25) is 0 Å². The van der Waals surface area contributed by atoms with Gasteiger partial charge in [0, 0.05) is 15.4 Å². The maximum absolute atomic E-state index is 11.1. The molecule has 0 atom stereocenters. The standard InChI is InChI=1S/C9H7BrN2O/c1-5(13)6-2-8(10)7-4-11-12-9(7)3-6/h2-4H,1H3,(H,11,12). The maximum Gasteiger partial charge on any atom is 0.159 e. The van der Waals surface area contributed by atoms with Crippen molar-refractivity contribution in [1.82, 2.24) is 10.2 Å². The molecule has 1 aromatic heterocycles. The number of carbonyl (C=O) groups excluding carboxylic acids is 1. The number of nitrogens with zero attached hydrogens (tertiary/aromatic N) is 1. The molecule has 4 heteroatoms. The Balaban J connectivity index is 2.77. The Morgan fingerprint density at radius 1 is 1.54 bits per heavy atom. The van der Waals surface area contributed by atoms with Crippen LogP contribution in [-0.4, -0.2) is 16.0 Å². The van der Waals surface area contributed by atoms with Crippen molar-refractivity contribution in [3.63, 3.8) is 0 Å². The summed E-state index contributed by atoms with van der Waals surface area (Å²) in [6.45, 7) is 1.55. The number of aromatic nitrogens is 2. The van der Waals surface area contributed by atoms with E-state index >= 15 is 0 Å². The third kappa shape index (κ3) is 1.37. The van der Waals surface area contributed by atoms with Crippen LogP contribution < -0.4 is 0 Å². The average molecular weight is 239 g/mol. The minimum Gasteiger partial charge on any atom is -0.295 e. The highest BCUT2D eigenvalue weighted by Crippen LogP contribution is 2.24. The number of aromatic amines is 1. The van der Waals surface area contributed by atoms with E-state index in [1.807, 2.05) is 0 Å². The van der Waals surface area contributed by atoms with E-state index in [0.29, 0.717) is 5.56 Å². The van der Waals surface area contributed by atoms with Crippen LogP contribution in [0.2, 0.25) is 0 Å². The summed E-state index contributed by atoms with van der Waals surface area (Å²) >= 11 is 3.38. The molecule has 66 valence electrons. The summed E-state index contributed by atoms with van der Waals surface area (Å²) in [5.74, 6) is 0.0530. The van der Waals surface area contributed by atoms with Crippen molar-refractivity contribution in [1.29, 1.82) is 0 Å². The largest absolute Gasteiger partial charge is 0.295 e. The van der Waals surface area contributed by atoms with E-state index in [1.54, 1.807) is 25.3 Å². The highest BCUT2D eigenvalue weighted by atomic mass is 79.9. The van der Waals surface area contributed by atoms with Crippen LogP contribution in [-0.2, 0) is 0 Å². The van der Waals surface area contributed by atoms with Crippen LogP contribution in [0.3, 0.4) is 0 Å². The van der Waals surface area contributed by atoms with E-state index in [1.165, 1.54) is 0 Å². The van der Waals surface area contributed by atoms with Gasteiger partial charge in [0.05, 0.1) is 11.7 Å². The zero-order chi connectivity index (χ0) is 9.42. The van der Waals surface area contributed by atoms with Crippen molar-refractivity contribution in [3.8, 4) is 0 Å². The van der Waals surface area contributed by atoms with E-state index in [9.17, 15) is 4.79 Å². The smallest absolute Gasteiger partial charge is 0.159 e. The van der Waals surface area contributed by atoms with Gasteiger partial charge in [-0.1, -0.05) is 15.9 Å². The highest BCUT2D eigenvalue weighted by Gasteiger charge is 2.06. The predicted molar refractivity (Wildman–Crippen MR) is 53.8 cm³/mol. The summed E-state index contributed by atoms with van der Waals surface area (Å²) in [4.78, 5) is 11.1. The maximum atomic E-state index is 11.1. The molecule has 0 unspecified atom stereocenters. The monoisotopic (exact) mass is 238 g/mol. The fourth-order valence-electron chi connectivity index (χ4n) is 1.21. The molecule has 1 aromatic carbocycles. The van der Waals surface area contributed by atoms with E-state index in [4.69, 9.17) is 0 Å². The number of hydrogen-bond acceptors (Lipinski definition) is 2. The van der Waals surface area contributed by atoms with Crippen LogP contribution in [0.15, 0.2) is 22.8 Å². The van der Waals surface area contributed by atoms with Gasteiger partial charge in [-0.2, -0.15) is 5.10 Å². The number of benzene rings is 1. The first-order chi connectivity index (χ1) is 6.18. The summed E-state index contributed by atoms with van der Waals surface area (Å²) in [5, 5.41) is 7.71. The Morgan fingerprint density at radius 3 is 3.00 bits per heavy atom. The van der Waals surface area contributed by atoms with Crippen LogP contribution in [0, 0.1) is 0 Å². The quantitative estimate of drug-likeness (QED) is 0.777. The normalized spacial score (nSPS) is 10.6. The molecule has 0 radical (unpaired) electrons. The molecule has 0 aliphatic heterocycles. The molecule has 1 N–H and O–H groups in total. The minimum absolute atomic E-state index is 0.0530. The second-order valence-electron chi connectivity index (χ2n) is 2.85. The first-order valence-corrected chi connectivity index (χ1v) is 4.61. The van der Waals surface area contributed by atoms with Crippen LogP contribution in [0.4, 0.5) is 0 Å². The molecular weight excluding hydrogens is 232 g/mol. The number of halogens is 1. The van der Waals surface area contributed by atoms with Gasteiger partial charge in [0.1, 0.15) is 0 Å². The van der Waals surface area contributed by atoms with Crippen LogP contribution in [0.1, 0.15) is 17.3 Å². The number of nitrogens with one attached hydrogen (secondary N) is 1. The molecule has 0 spiro atoms. The van der Waals surface area contributed by atoms with Crippen molar-refractivity contribution in [2.45, 2.75) is 6.92 Å². The first kappa shape index (κ1) is 8.44. The van der Waals surface area contributed by atoms with E-state index < -0.39 is 0 Å². The molecule has 0 aliphatic carbocycles. The number of ketones is 1. The average Bonchev–Trinajstić information content (AvgIpc) is 2.51. The molecule has 2 rings (SSSR count). The molecule has 0 fully saturated rings. The Bertz CT molecular complexity index is 475. The van der Waals surface area contributed by atoms with Crippen LogP contribution in [0.25, 0.3) is 10.9 Å². The molecule has 1 heterocycles. The summed E-state index contributed by atoms with van der Waals surface area (Å²) < 4.78 is 0.893. The molecule has 0 amide bonds. The highest BCUT2D eigenvalue weighted by molar-refractivity contribution is 9.10. The van der Waals surface area contributed by atoms with Crippen molar-refractivity contribution < 1.29 is 4.79 Å². The Kier molecular flexibility index (Phi) is 1.92. The number of rotatable bonds is 1. The molecule has 0 bridgehead atoms. The zero-order valence-electron chi connectivity index (χ0n) is 6.97. The number of Topliss-reactive ketones (excluding diaryl/α,β-unsaturated/α-hetero) is 1. The molecule has 0 saturated heterocycles. The molecule has 3 nitrogen and oxygen atoms in total. The van der Waals surface area contributed by atoms with E-state index in [0.717, 1.165) is 15.4 Å². The van der Waals surface area contributed by atoms with Crippen molar-refractivity contribution in [3.05, 3.63) is 28.4 Å². The van der Waals surface area contributed by atoms with Gasteiger partial charge < -0.3 is 0 Å². The summed E-state index contributed by atoms with van der Waals surface area (Å²) in [6, 6.07) is 3.61. The Hall–Kier alpha value is -1.16. The fraction of sp³-hybridized carbons (Fsp3) is 0.111. The van der Waals surface area contributed by atoms with Gasteiger partial charge >= 0.3 is 0 Å². The van der Waals surface area contributed by atoms with Gasteiger partial charge in [-0.25, -0.2) is 0 Å². The second-order valence-corrected chi connectivity index (χ2v) is 3.70. The third-order valence-corrected chi connectivity index (χ3v) is 2.57.